The number of para-hydroxylation sites is 1. The van der Waals surface area contributed by atoms with Gasteiger partial charge in [-0.25, -0.2) is 4.39 Å². The maximum Gasteiger partial charge on any atom is 0.279 e. The van der Waals surface area contributed by atoms with Gasteiger partial charge in [-0.2, -0.15) is 4.99 Å². The van der Waals surface area contributed by atoms with Crippen LogP contribution >= 0.6 is 23.1 Å². The van der Waals surface area contributed by atoms with Gasteiger partial charge in [-0.05, 0) is 36.4 Å². The van der Waals surface area contributed by atoms with E-state index >= 15 is 0 Å². The van der Waals surface area contributed by atoms with Gasteiger partial charge in [0.25, 0.3) is 5.91 Å². The molecule has 0 aliphatic carbocycles. The van der Waals surface area contributed by atoms with Crippen LogP contribution in [0.3, 0.4) is 0 Å². The molecule has 2 aromatic carbocycles. The zero-order valence-electron chi connectivity index (χ0n) is 15.4. The summed E-state index contributed by atoms with van der Waals surface area (Å²) in [7, 11) is 1.59. The largest absolute Gasteiger partial charge is 0.383 e. The topological polar surface area (TPSA) is 43.6 Å². The Balaban J connectivity index is 1.99. The zero-order chi connectivity index (χ0) is 19.4. The van der Waals surface area contributed by atoms with Crippen LogP contribution in [0.15, 0.2) is 52.4 Å². The number of thioether (sulfide) groups is 1. The van der Waals surface area contributed by atoms with Gasteiger partial charge in [0.2, 0.25) is 0 Å². The maximum absolute atomic E-state index is 14.3. The molecule has 0 unspecified atom stereocenters. The summed E-state index contributed by atoms with van der Waals surface area (Å²) in [4.78, 5) is 18.5. The van der Waals surface area contributed by atoms with E-state index in [0.29, 0.717) is 34.3 Å². The average molecular weight is 405 g/mol. The van der Waals surface area contributed by atoms with Gasteiger partial charge >= 0.3 is 0 Å². The Kier molecular flexibility index (Phi) is 6.46. The minimum Gasteiger partial charge on any atom is -0.383 e. The molecule has 0 spiro atoms. The highest BCUT2D eigenvalue weighted by Crippen LogP contribution is 2.23. The van der Waals surface area contributed by atoms with Crippen LogP contribution in [-0.4, -0.2) is 29.4 Å². The molecule has 0 fully saturated rings. The molecule has 0 aliphatic heterocycles. The first kappa shape index (κ1) is 19.8. The number of thiazole rings is 1. The third kappa shape index (κ3) is 4.66. The molecule has 1 aromatic heterocycles. The molecule has 1 amide bonds. The monoisotopic (exact) mass is 404 g/mol. The quantitative estimate of drug-likeness (QED) is 0.558. The maximum atomic E-state index is 14.3. The van der Waals surface area contributed by atoms with Crippen LogP contribution in [0, 0.1) is 5.82 Å². The van der Waals surface area contributed by atoms with E-state index in [9.17, 15) is 9.18 Å². The summed E-state index contributed by atoms with van der Waals surface area (Å²) in [5.41, 5.74) is 0.967. The molecule has 0 aliphatic rings. The summed E-state index contributed by atoms with van der Waals surface area (Å²) >= 11 is 3.04. The number of halogens is 1. The van der Waals surface area contributed by atoms with Crippen molar-refractivity contribution in [2.24, 2.45) is 4.99 Å². The first-order valence-corrected chi connectivity index (χ1v) is 10.3. The Hall–Kier alpha value is -1.96. The summed E-state index contributed by atoms with van der Waals surface area (Å²) in [6.45, 7) is 5.08. The lowest BCUT2D eigenvalue weighted by Gasteiger charge is -2.05. The summed E-state index contributed by atoms with van der Waals surface area (Å²) < 4.78 is 21.9. The Bertz CT molecular complexity index is 1010. The molecule has 0 saturated carbocycles. The second-order valence-corrected chi connectivity index (χ2v) is 8.88. The van der Waals surface area contributed by atoms with Gasteiger partial charge in [0.1, 0.15) is 5.82 Å². The third-order valence-corrected chi connectivity index (χ3v) is 5.90. The fourth-order valence-corrected chi connectivity index (χ4v) is 4.57. The van der Waals surface area contributed by atoms with E-state index in [1.807, 2.05) is 18.2 Å². The zero-order valence-corrected chi connectivity index (χ0v) is 17.1. The van der Waals surface area contributed by atoms with Crippen LogP contribution in [0.5, 0.6) is 0 Å². The number of ether oxygens (including phenoxy) is 1. The number of amides is 1. The molecular formula is C20H21FN2O2S2. The van der Waals surface area contributed by atoms with Crippen LogP contribution in [0.25, 0.3) is 10.2 Å². The summed E-state index contributed by atoms with van der Waals surface area (Å²) in [5.74, 6) is -0.668. The molecule has 0 atom stereocenters. The number of methoxy groups -OCH3 is 1. The lowest BCUT2D eigenvalue weighted by atomic mass is 10.2. The Morgan fingerprint density at radius 2 is 2.00 bits per heavy atom. The Morgan fingerprint density at radius 3 is 2.67 bits per heavy atom. The fourth-order valence-electron chi connectivity index (χ4n) is 2.66. The lowest BCUT2D eigenvalue weighted by molar-refractivity contribution is 0.0997. The molecule has 4 nitrogen and oxygen atoms in total. The van der Waals surface area contributed by atoms with Crippen LogP contribution < -0.4 is 4.80 Å². The standard InChI is InChI=1S/C20H21FN2O2S2/c1-13(2)26-15-9-7-14(8-10-15)19(24)22-20-23(11-12-25-3)18-16(21)5-4-6-17(18)27-20/h4-10,13H,11-12H2,1-3H3. The first-order valence-electron chi connectivity index (χ1n) is 8.62. The van der Waals surface area contributed by atoms with Gasteiger partial charge in [-0.15, -0.1) is 11.8 Å². The minimum atomic E-state index is -0.339. The summed E-state index contributed by atoms with van der Waals surface area (Å²) in [5, 5.41) is 0.476. The number of carbonyl (C=O) groups is 1. The number of carbonyl (C=O) groups excluding carboxylic acids is 1. The predicted octanol–water partition coefficient (Wildman–Crippen LogP) is 4.73. The Morgan fingerprint density at radius 1 is 1.26 bits per heavy atom. The second-order valence-electron chi connectivity index (χ2n) is 6.22. The molecule has 0 bridgehead atoms. The summed E-state index contributed by atoms with van der Waals surface area (Å²) in [6.07, 6.45) is 0. The van der Waals surface area contributed by atoms with Gasteiger partial charge in [-0.1, -0.05) is 31.3 Å². The number of hydrogen-bond donors (Lipinski definition) is 0. The van der Waals surface area contributed by atoms with Gasteiger partial charge in [0, 0.05) is 29.4 Å². The normalized spacial score (nSPS) is 12.3. The van der Waals surface area contributed by atoms with Gasteiger partial charge in [0.05, 0.1) is 16.8 Å². The first-order chi connectivity index (χ1) is 13.0. The number of aromatic nitrogens is 1. The van der Waals surface area contributed by atoms with Crippen LogP contribution in [0.2, 0.25) is 0 Å². The van der Waals surface area contributed by atoms with E-state index < -0.39 is 0 Å². The SMILES string of the molecule is COCCn1c(=NC(=O)c2ccc(SC(C)C)cc2)sc2cccc(F)c21. The van der Waals surface area contributed by atoms with Crippen molar-refractivity contribution in [1.82, 2.24) is 4.57 Å². The van der Waals surface area contributed by atoms with Crippen LogP contribution in [-0.2, 0) is 11.3 Å². The van der Waals surface area contributed by atoms with Crippen molar-refractivity contribution in [3.8, 4) is 0 Å². The lowest BCUT2D eigenvalue weighted by Crippen LogP contribution is -2.19. The molecule has 1 heterocycles. The molecule has 3 rings (SSSR count). The van der Waals surface area contributed by atoms with Gasteiger partial charge < -0.3 is 9.30 Å². The van der Waals surface area contributed by atoms with E-state index in [1.54, 1.807) is 41.6 Å². The molecule has 0 N–H and O–H groups in total. The third-order valence-electron chi connectivity index (χ3n) is 3.84. The van der Waals surface area contributed by atoms with E-state index in [2.05, 4.69) is 18.8 Å². The van der Waals surface area contributed by atoms with Crippen molar-refractivity contribution in [3.63, 3.8) is 0 Å². The molecule has 3 aromatic rings. The smallest absolute Gasteiger partial charge is 0.279 e. The predicted molar refractivity (Wildman–Crippen MR) is 109 cm³/mol. The van der Waals surface area contributed by atoms with Crippen molar-refractivity contribution >= 4 is 39.2 Å². The van der Waals surface area contributed by atoms with Crippen molar-refractivity contribution in [2.45, 2.75) is 30.5 Å². The highest BCUT2D eigenvalue weighted by Gasteiger charge is 2.12. The highest BCUT2D eigenvalue weighted by molar-refractivity contribution is 7.99. The highest BCUT2D eigenvalue weighted by atomic mass is 32.2. The number of fused-ring (bicyclic) bond motifs is 1. The van der Waals surface area contributed by atoms with E-state index in [1.165, 1.54) is 17.4 Å². The van der Waals surface area contributed by atoms with Crippen LogP contribution in [0.4, 0.5) is 4.39 Å². The molecule has 27 heavy (non-hydrogen) atoms. The van der Waals surface area contributed by atoms with Crippen molar-refractivity contribution in [3.05, 3.63) is 58.6 Å². The summed E-state index contributed by atoms with van der Waals surface area (Å²) in [6, 6.07) is 12.3. The van der Waals surface area contributed by atoms with Gasteiger partial charge in [-0.3, -0.25) is 4.79 Å². The van der Waals surface area contributed by atoms with Crippen molar-refractivity contribution in [2.75, 3.05) is 13.7 Å². The molecular weight excluding hydrogens is 383 g/mol. The second kappa shape index (κ2) is 8.82. The molecule has 142 valence electrons. The number of hydrogen-bond acceptors (Lipinski definition) is 4. The number of benzene rings is 2. The Labute approximate surface area is 165 Å². The van der Waals surface area contributed by atoms with Crippen molar-refractivity contribution in [1.29, 1.82) is 0 Å². The number of rotatable bonds is 6. The molecule has 0 saturated heterocycles. The molecule has 7 heteroatoms. The average Bonchev–Trinajstić information content (AvgIpc) is 2.98. The number of nitrogens with zero attached hydrogens (tertiary/aromatic N) is 2. The van der Waals surface area contributed by atoms with Crippen LogP contribution in [0.1, 0.15) is 24.2 Å². The van der Waals surface area contributed by atoms with E-state index in [-0.39, 0.29) is 11.7 Å². The van der Waals surface area contributed by atoms with Gasteiger partial charge in [0.15, 0.2) is 4.80 Å². The molecule has 0 radical (unpaired) electrons. The van der Waals surface area contributed by atoms with Crippen molar-refractivity contribution < 1.29 is 13.9 Å². The minimum absolute atomic E-state index is 0.330. The van der Waals surface area contributed by atoms with E-state index in [0.717, 1.165) is 9.60 Å². The van der Waals surface area contributed by atoms with E-state index in [4.69, 9.17) is 4.74 Å². The fraction of sp³-hybridized carbons (Fsp3) is 0.300.